The first-order chi connectivity index (χ1) is 10.1. The molecule has 0 bridgehead atoms. The lowest BCUT2D eigenvalue weighted by molar-refractivity contribution is -0.144. The van der Waals surface area contributed by atoms with Crippen molar-refractivity contribution in [2.75, 3.05) is 0 Å². The van der Waals surface area contributed by atoms with E-state index in [2.05, 4.69) is 10.6 Å². The standard InChI is InChI=1S/C12H18N2O8/c1-6(15)13-7(11(19)20)2-4-9(16)14-8(12(21)22)3-5-10(17)18/h7-8H,2-5H2,1H3,(H,13,15)(H,14,16)(H,17,18)(H,19,20)(H,21,22)/t7-,8+/m0/s1. The Bertz CT molecular complexity index is 462. The first kappa shape index (κ1) is 19.4. The zero-order valence-corrected chi connectivity index (χ0v) is 11.9. The van der Waals surface area contributed by atoms with Crippen molar-refractivity contribution in [3.8, 4) is 0 Å². The van der Waals surface area contributed by atoms with Gasteiger partial charge < -0.3 is 26.0 Å². The number of carboxylic acid groups (broad SMARTS) is 3. The summed E-state index contributed by atoms with van der Waals surface area (Å²) in [6.45, 7) is 1.13. The van der Waals surface area contributed by atoms with Gasteiger partial charge in [-0.15, -0.1) is 0 Å². The van der Waals surface area contributed by atoms with Crippen molar-refractivity contribution in [3.05, 3.63) is 0 Å². The molecule has 0 aliphatic carbocycles. The van der Waals surface area contributed by atoms with Crippen LogP contribution in [0.25, 0.3) is 0 Å². The van der Waals surface area contributed by atoms with Crippen LogP contribution >= 0.6 is 0 Å². The quantitative estimate of drug-likeness (QED) is 0.334. The Balaban J connectivity index is 4.44. The van der Waals surface area contributed by atoms with Gasteiger partial charge in [-0.25, -0.2) is 9.59 Å². The highest BCUT2D eigenvalue weighted by atomic mass is 16.4. The Kier molecular flexibility index (Phi) is 8.19. The second-order valence-corrected chi connectivity index (χ2v) is 4.52. The fraction of sp³-hybridized carbons (Fsp3) is 0.583. The van der Waals surface area contributed by atoms with Crippen LogP contribution in [0.4, 0.5) is 0 Å². The van der Waals surface area contributed by atoms with E-state index in [0.29, 0.717) is 0 Å². The molecule has 2 atom stereocenters. The van der Waals surface area contributed by atoms with Crippen LogP contribution in [0, 0.1) is 0 Å². The van der Waals surface area contributed by atoms with Gasteiger partial charge in [-0.05, 0) is 12.8 Å². The maximum absolute atomic E-state index is 11.6. The van der Waals surface area contributed by atoms with E-state index in [9.17, 15) is 24.0 Å². The summed E-state index contributed by atoms with van der Waals surface area (Å²) in [5, 5.41) is 30.4. The minimum Gasteiger partial charge on any atom is -0.481 e. The maximum atomic E-state index is 11.6. The van der Waals surface area contributed by atoms with Crippen molar-refractivity contribution in [3.63, 3.8) is 0 Å². The highest BCUT2D eigenvalue weighted by Gasteiger charge is 2.23. The highest BCUT2D eigenvalue weighted by molar-refractivity contribution is 5.85. The Morgan fingerprint density at radius 3 is 1.68 bits per heavy atom. The topological polar surface area (TPSA) is 170 Å². The molecule has 0 radical (unpaired) electrons. The average molecular weight is 318 g/mol. The third kappa shape index (κ3) is 8.51. The van der Waals surface area contributed by atoms with Gasteiger partial charge in [0, 0.05) is 19.8 Å². The second kappa shape index (κ2) is 9.32. The van der Waals surface area contributed by atoms with E-state index in [0.717, 1.165) is 6.92 Å². The molecule has 0 saturated carbocycles. The maximum Gasteiger partial charge on any atom is 0.326 e. The van der Waals surface area contributed by atoms with Gasteiger partial charge in [0.05, 0.1) is 0 Å². The molecule has 22 heavy (non-hydrogen) atoms. The molecule has 0 rings (SSSR count). The lowest BCUT2D eigenvalue weighted by atomic mass is 10.1. The summed E-state index contributed by atoms with van der Waals surface area (Å²) in [7, 11) is 0. The molecule has 0 heterocycles. The zero-order chi connectivity index (χ0) is 17.3. The third-order valence-electron chi connectivity index (χ3n) is 2.62. The number of carbonyl (C=O) groups is 5. The molecular weight excluding hydrogens is 300 g/mol. The molecule has 124 valence electrons. The molecule has 0 aliphatic rings. The van der Waals surface area contributed by atoms with Crippen molar-refractivity contribution in [1.82, 2.24) is 10.6 Å². The predicted octanol–water partition coefficient (Wildman–Crippen LogP) is -1.21. The second-order valence-electron chi connectivity index (χ2n) is 4.52. The number of hydrogen-bond acceptors (Lipinski definition) is 5. The van der Waals surface area contributed by atoms with Gasteiger partial charge in [0.25, 0.3) is 0 Å². The van der Waals surface area contributed by atoms with E-state index in [1.54, 1.807) is 0 Å². The number of hydrogen-bond donors (Lipinski definition) is 5. The largest absolute Gasteiger partial charge is 0.481 e. The average Bonchev–Trinajstić information content (AvgIpc) is 2.37. The van der Waals surface area contributed by atoms with E-state index in [4.69, 9.17) is 15.3 Å². The Hall–Kier alpha value is -2.65. The van der Waals surface area contributed by atoms with E-state index < -0.39 is 48.2 Å². The van der Waals surface area contributed by atoms with Gasteiger partial charge >= 0.3 is 17.9 Å². The van der Waals surface area contributed by atoms with E-state index in [1.807, 2.05) is 0 Å². The number of carbonyl (C=O) groups excluding carboxylic acids is 2. The Morgan fingerprint density at radius 1 is 0.818 bits per heavy atom. The molecule has 0 unspecified atom stereocenters. The molecule has 0 aliphatic heterocycles. The normalized spacial score (nSPS) is 12.8. The minimum atomic E-state index is -1.38. The molecule has 10 nitrogen and oxygen atoms in total. The molecule has 5 N–H and O–H groups in total. The summed E-state index contributed by atoms with van der Waals surface area (Å²) < 4.78 is 0. The van der Waals surface area contributed by atoms with Gasteiger partial charge in [0.2, 0.25) is 11.8 Å². The predicted molar refractivity (Wildman–Crippen MR) is 70.9 cm³/mol. The van der Waals surface area contributed by atoms with Crippen LogP contribution in [0.15, 0.2) is 0 Å². The van der Waals surface area contributed by atoms with Crippen LogP contribution < -0.4 is 10.6 Å². The first-order valence-electron chi connectivity index (χ1n) is 6.37. The molecule has 0 aromatic rings. The lowest BCUT2D eigenvalue weighted by Crippen LogP contribution is -2.43. The van der Waals surface area contributed by atoms with Crippen LogP contribution in [0.1, 0.15) is 32.6 Å². The van der Waals surface area contributed by atoms with Gasteiger partial charge in [-0.3, -0.25) is 14.4 Å². The van der Waals surface area contributed by atoms with Gasteiger partial charge in [-0.2, -0.15) is 0 Å². The lowest BCUT2D eigenvalue weighted by Gasteiger charge is -2.15. The monoisotopic (exact) mass is 318 g/mol. The Labute approximate surface area is 125 Å². The van der Waals surface area contributed by atoms with E-state index >= 15 is 0 Å². The van der Waals surface area contributed by atoms with Crippen molar-refractivity contribution in [2.24, 2.45) is 0 Å². The first-order valence-corrected chi connectivity index (χ1v) is 6.37. The molecule has 10 heteroatoms. The van der Waals surface area contributed by atoms with Gasteiger partial charge in [0.15, 0.2) is 0 Å². The molecule has 0 saturated heterocycles. The summed E-state index contributed by atoms with van der Waals surface area (Å²) in [5.41, 5.74) is 0. The fourth-order valence-electron chi connectivity index (χ4n) is 1.57. The molecular formula is C12H18N2O8. The number of nitrogens with one attached hydrogen (secondary N) is 2. The third-order valence-corrected chi connectivity index (χ3v) is 2.62. The summed E-state index contributed by atoms with van der Waals surface area (Å²) >= 11 is 0. The van der Waals surface area contributed by atoms with Crippen LogP contribution in [-0.4, -0.2) is 57.1 Å². The van der Waals surface area contributed by atoms with Crippen LogP contribution in [0.5, 0.6) is 0 Å². The smallest absolute Gasteiger partial charge is 0.326 e. The van der Waals surface area contributed by atoms with Crippen molar-refractivity contribution >= 4 is 29.7 Å². The summed E-state index contributed by atoms with van der Waals surface area (Å²) in [6.07, 6.45) is -1.26. The number of amides is 2. The van der Waals surface area contributed by atoms with Crippen molar-refractivity contribution in [2.45, 2.75) is 44.7 Å². The molecule has 0 aromatic carbocycles. The highest BCUT2D eigenvalue weighted by Crippen LogP contribution is 2.02. The van der Waals surface area contributed by atoms with E-state index in [1.165, 1.54) is 0 Å². The zero-order valence-electron chi connectivity index (χ0n) is 11.9. The van der Waals surface area contributed by atoms with Crippen LogP contribution in [0.2, 0.25) is 0 Å². The van der Waals surface area contributed by atoms with Gasteiger partial charge in [-0.1, -0.05) is 0 Å². The molecule has 0 spiro atoms. The minimum absolute atomic E-state index is 0.216. The molecule has 0 aromatic heterocycles. The summed E-state index contributed by atoms with van der Waals surface area (Å²) in [6, 6.07) is -2.63. The van der Waals surface area contributed by atoms with Crippen LogP contribution in [-0.2, 0) is 24.0 Å². The van der Waals surface area contributed by atoms with Crippen molar-refractivity contribution in [1.29, 1.82) is 0 Å². The van der Waals surface area contributed by atoms with Crippen molar-refractivity contribution < 1.29 is 39.3 Å². The molecule has 2 amide bonds. The number of rotatable bonds is 10. The van der Waals surface area contributed by atoms with Crippen LogP contribution in [0.3, 0.4) is 0 Å². The van der Waals surface area contributed by atoms with E-state index in [-0.39, 0.29) is 19.3 Å². The number of aliphatic carboxylic acids is 3. The SMILES string of the molecule is CC(=O)N[C@@H](CCC(=O)N[C@H](CCC(=O)O)C(=O)O)C(=O)O. The summed E-state index contributed by atoms with van der Waals surface area (Å²) in [5.74, 6) is -5.21. The summed E-state index contributed by atoms with van der Waals surface area (Å²) in [4.78, 5) is 54.5. The fourth-order valence-corrected chi connectivity index (χ4v) is 1.57. The van der Waals surface area contributed by atoms with Gasteiger partial charge in [0.1, 0.15) is 12.1 Å². The Morgan fingerprint density at radius 2 is 1.27 bits per heavy atom. The number of carboxylic acids is 3. The molecule has 0 fully saturated rings.